The first-order valence-electron chi connectivity index (χ1n) is 6.61. The lowest BCUT2D eigenvalue weighted by Crippen LogP contribution is -2.31. The minimum absolute atomic E-state index is 0.400. The Kier molecular flexibility index (Phi) is 4.69. The second-order valence-electron chi connectivity index (χ2n) is 5.33. The van der Waals surface area contributed by atoms with E-state index >= 15 is 0 Å². The summed E-state index contributed by atoms with van der Waals surface area (Å²) in [5.74, 6) is 0.403. The maximum Gasteiger partial charge on any atom is 0.240 e. The Bertz CT molecular complexity index is 557. The fourth-order valence-electron chi connectivity index (χ4n) is 2.51. The summed E-state index contributed by atoms with van der Waals surface area (Å²) in [6, 6.07) is 5.52. The zero-order valence-corrected chi connectivity index (χ0v) is 13.7. The zero-order valence-electron chi connectivity index (χ0n) is 11.3. The molecule has 0 bridgehead atoms. The summed E-state index contributed by atoms with van der Waals surface area (Å²) in [4.78, 5) is 0.838. The first-order valence-corrected chi connectivity index (χ1v) is 9.01. The van der Waals surface area contributed by atoms with E-state index in [0.29, 0.717) is 22.2 Å². The van der Waals surface area contributed by atoms with Gasteiger partial charge >= 0.3 is 0 Å². The number of aryl methyl sites for hydroxylation is 2. The van der Waals surface area contributed by atoms with Gasteiger partial charge in [0.1, 0.15) is 0 Å². The van der Waals surface area contributed by atoms with Gasteiger partial charge in [-0.05, 0) is 49.8 Å². The van der Waals surface area contributed by atoms with Crippen molar-refractivity contribution in [2.45, 2.75) is 42.8 Å². The largest absolute Gasteiger partial charge is 0.240 e. The summed E-state index contributed by atoms with van der Waals surface area (Å²) in [6.45, 7) is 4.26. The standard InChI is InChI=1S/C14H20BrNO2S/c1-10-6-7-11(2)14(8-10)19(17,18)16-9-12-4-3-5-13(12)15/h6-8,12-13,16H,3-5,9H2,1-2H3. The number of hydrogen-bond acceptors (Lipinski definition) is 2. The van der Waals surface area contributed by atoms with Crippen molar-refractivity contribution >= 4 is 26.0 Å². The normalized spacial score (nSPS) is 23.7. The van der Waals surface area contributed by atoms with Crippen LogP contribution in [0.25, 0.3) is 0 Å². The van der Waals surface area contributed by atoms with Gasteiger partial charge in [-0.1, -0.05) is 34.5 Å². The highest BCUT2D eigenvalue weighted by molar-refractivity contribution is 9.09. The Morgan fingerprint density at radius 3 is 2.68 bits per heavy atom. The van der Waals surface area contributed by atoms with Crippen LogP contribution in [0.2, 0.25) is 0 Å². The average Bonchev–Trinajstić information content (AvgIpc) is 2.75. The molecule has 1 aromatic rings. The molecule has 1 aliphatic carbocycles. The third-order valence-corrected chi connectivity index (χ3v) is 6.51. The molecule has 0 saturated heterocycles. The molecule has 106 valence electrons. The predicted octanol–water partition coefficient (Wildman–Crippen LogP) is 3.15. The second-order valence-corrected chi connectivity index (χ2v) is 8.24. The van der Waals surface area contributed by atoms with Crippen LogP contribution in [-0.2, 0) is 10.0 Å². The van der Waals surface area contributed by atoms with Crippen molar-refractivity contribution in [3.8, 4) is 0 Å². The molecule has 1 N–H and O–H groups in total. The van der Waals surface area contributed by atoms with Crippen LogP contribution in [0.1, 0.15) is 30.4 Å². The van der Waals surface area contributed by atoms with Crippen molar-refractivity contribution in [3.63, 3.8) is 0 Å². The van der Waals surface area contributed by atoms with E-state index in [4.69, 9.17) is 0 Å². The fourth-order valence-corrected chi connectivity index (χ4v) is 4.71. The number of nitrogens with one attached hydrogen (secondary N) is 1. The Balaban J connectivity index is 2.12. The summed E-state index contributed by atoms with van der Waals surface area (Å²) >= 11 is 3.62. The van der Waals surface area contributed by atoms with Crippen LogP contribution in [0, 0.1) is 19.8 Å². The SMILES string of the molecule is Cc1ccc(C)c(S(=O)(=O)NCC2CCCC2Br)c1. The van der Waals surface area contributed by atoms with Gasteiger partial charge in [-0.2, -0.15) is 0 Å². The second kappa shape index (κ2) is 5.94. The number of benzene rings is 1. The molecule has 0 spiro atoms. The monoisotopic (exact) mass is 345 g/mol. The number of sulfonamides is 1. The topological polar surface area (TPSA) is 46.2 Å². The van der Waals surface area contributed by atoms with Crippen molar-refractivity contribution in [2.24, 2.45) is 5.92 Å². The van der Waals surface area contributed by atoms with Crippen molar-refractivity contribution in [1.82, 2.24) is 4.72 Å². The molecule has 2 rings (SSSR count). The minimum atomic E-state index is -3.40. The highest BCUT2D eigenvalue weighted by atomic mass is 79.9. The van der Waals surface area contributed by atoms with Gasteiger partial charge in [0, 0.05) is 11.4 Å². The molecule has 3 nitrogen and oxygen atoms in total. The molecule has 1 saturated carbocycles. The van der Waals surface area contributed by atoms with Gasteiger partial charge in [-0.25, -0.2) is 13.1 Å². The summed E-state index contributed by atoms with van der Waals surface area (Å²) in [6.07, 6.45) is 3.40. The van der Waals surface area contributed by atoms with E-state index in [9.17, 15) is 8.42 Å². The lowest BCUT2D eigenvalue weighted by molar-refractivity contribution is 0.529. The van der Waals surface area contributed by atoms with Crippen LogP contribution in [0.4, 0.5) is 0 Å². The first kappa shape index (κ1) is 15.0. The van der Waals surface area contributed by atoms with Gasteiger partial charge in [0.25, 0.3) is 0 Å². The first-order chi connectivity index (χ1) is 8.90. The molecule has 0 aromatic heterocycles. The van der Waals surface area contributed by atoms with E-state index in [0.717, 1.165) is 24.0 Å². The van der Waals surface area contributed by atoms with Crippen LogP contribution < -0.4 is 4.72 Å². The van der Waals surface area contributed by atoms with E-state index in [1.54, 1.807) is 6.07 Å². The average molecular weight is 346 g/mol. The summed E-state index contributed by atoms with van der Waals surface area (Å²) < 4.78 is 27.4. The lowest BCUT2D eigenvalue weighted by Gasteiger charge is -2.16. The highest BCUT2D eigenvalue weighted by Crippen LogP contribution is 2.31. The third-order valence-electron chi connectivity index (χ3n) is 3.74. The molecule has 0 aliphatic heterocycles. The van der Waals surface area contributed by atoms with Crippen molar-refractivity contribution in [2.75, 3.05) is 6.54 Å². The highest BCUT2D eigenvalue weighted by Gasteiger charge is 2.27. The summed E-state index contributed by atoms with van der Waals surface area (Å²) in [5.41, 5.74) is 1.75. The fraction of sp³-hybridized carbons (Fsp3) is 0.571. The summed E-state index contributed by atoms with van der Waals surface area (Å²) in [5, 5.41) is 0. The van der Waals surface area contributed by atoms with Crippen LogP contribution >= 0.6 is 15.9 Å². The Morgan fingerprint density at radius 1 is 1.32 bits per heavy atom. The molecule has 19 heavy (non-hydrogen) atoms. The smallest absolute Gasteiger partial charge is 0.211 e. The number of halogens is 1. The van der Waals surface area contributed by atoms with E-state index in [1.807, 2.05) is 26.0 Å². The Hall–Kier alpha value is -0.390. The molecule has 1 aliphatic rings. The Morgan fingerprint density at radius 2 is 2.05 bits per heavy atom. The van der Waals surface area contributed by atoms with Crippen LogP contribution in [0.15, 0.2) is 23.1 Å². The van der Waals surface area contributed by atoms with Crippen LogP contribution in [-0.4, -0.2) is 19.8 Å². The molecule has 0 amide bonds. The molecule has 5 heteroatoms. The lowest BCUT2D eigenvalue weighted by atomic mass is 10.1. The van der Waals surface area contributed by atoms with E-state index in [2.05, 4.69) is 20.7 Å². The van der Waals surface area contributed by atoms with Gasteiger partial charge in [0.05, 0.1) is 4.90 Å². The molecule has 2 atom stereocenters. The molecular weight excluding hydrogens is 326 g/mol. The zero-order chi connectivity index (χ0) is 14.0. The number of hydrogen-bond donors (Lipinski definition) is 1. The van der Waals surface area contributed by atoms with Crippen molar-refractivity contribution in [1.29, 1.82) is 0 Å². The van der Waals surface area contributed by atoms with E-state index in [-0.39, 0.29) is 0 Å². The van der Waals surface area contributed by atoms with Crippen molar-refractivity contribution in [3.05, 3.63) is 29.3 Å². The molecule has 0 heterocycles. The van der Waals surface area contributed by atoms with Crippen molar-refractivity contribution < 1.29 is 8.42 Å². The van der Waals surface area contributed by atoms with Gasteiger partial charge in [-0.15, -0.1) is 0 Å². The van der Waals surface area contributed by atoms with Gasteiger partial charge in [0.15, 0.2) is 0 Å². The number of rotatable bonds is 4. The maximum atomic E-state index is 12.3. The van der Waals surface area contributed by atoms with Gasteiger partial charge in [-0.3, -0.25) is 0 Å². The Labute approximate surface area is 124 Å². The van der Waals surface area contributed by atoms with E-state index in [1.165, 1.54) is 6.42 Å². The maximum absolute atomic E-state index is 12.3. The molecule has 0 radical (unpaired) electrons. The number of alkyl halides is 1. The minimum Gasteiger partial charge on any atom is -0.211 e. The third kappa shape index (κ3) is 3.58. The molecule has 1 fully saturated rings. The molecule has 1 aromatic carbocycles. The molecular formula is C14H20BrNO2S. The van der Waals surface area contributed by atoms with Gasteiger partial charge < -0.3 is 0 Å². The van der Waals surface area contributed by atoms with Gasteiger partial charge in [0.2, 0.25) is 10.0 Å². The predicted molar refractivity (Wildman–Crippen MR) is 81.2 cm³/mol. The summed E-state index contributed by atoms with van der Waals surface area (Å²) in [7, 11) is -3.40. The van der Waals surface area contributed by atoms with Crippen LogP contribution in [0.5, 0.6) is 0 Å². The molecule has 2 unspecified atom stereocenters. The van der Waals surface area contributed by atoms with E-state index < -0.39 is 10.0 Å². The quantitative estimate of drug-likeness (QED) is 0.852. The van der Waals surface area contributed by atoms with Crippen LogP contribution in [0.3, 0.4) is 0 Å².